The first-order valence-corrected chi connectivity index (χ1v) is 5.75. The maximum Gasteiger partial charge on any atom is 0.0713 e. The van der Waals surface area contributed by atoms with Gasteiger partial charge >= 0.3 is 0 Å². The molecule has 2 atom stereocenters. The van der Waals surface area contributed by atoms with E-state index < -0.39 is 5.60 Å². The Balaban J connectivity index is 2.45. The lowest BCUT2D eigenvalue weighted by atomic mass is 9.71. The molecular weight excluding hydrogens is 184 g/mol. The fourth-order valence-electron chi connectivity index (χ4n) is 2.77. The summed E-state index contributed by atoms with van der Waals surface area (Å²) in [6.45, 7) is 6.27. The molecule has 0 saturated heterocycles. The van der Waals surface area contributed by atoms with Crippen LogP contribution in [0.2, 0.25) is 0 Å². The van der Waals surface area contributed by atoms with Crippen molar-refractivity contribution < 1.29 is 5.11 Å². The average Bonchev–Trinajstić information content (AvgIpc) is 2.43. The van der Waals surface area contributed by atoms with E-state index in [0.717, 1.165) is 19.3 Å². The molecule has 1 nitrogen and oxygen atoms in total. The second kappa shape index (κ2) is 3.34. The van der Waals surface area contributed by atoms with E-state index in [2.05, 4.69) is 38.1 Å². The molecule has 0 bridgehead atoms. The van der Waals surface area contributed by atoms with Crippen LogP contribution in [-0.2, 0) is 5.41 Å². The van der Waals surface area contributed by atoms with Crippen molar-refractivity contribution in [3.05, 3.63) is 35.4 Å². The molecule has 82 valence electrons. The van der Waals surface area contributed by atoms with Gasteiger partial charge in [0, 0.05) is 5.41 Å². The predicted octanol–water partition coefficient (Wildman–Crippen LogP) is 3.19. The van der Waals surface area contributed by atoms with Crippen LogP contribution in [-0.4, -0.2) is 10.7 Å². The van der Waals surface area contributed by atoms with Gasteiger partial charge in [-0.05, 0) is 38.7 Å². The van der Waals surface area contributed by atoms with Crippen LogP contribution in [0.1, 0.15) is 44.2 Å². The zero-order chi connectivity index (χ0) is 11.1. The van der Waals surface area contributed by atoms with Crippen molar-refractivity contribution in [1.82, 2.24) is 0 Å². The summed E-state index contributed by atoms with van der Waals surface area (Å²) < 4.78 is 0. The number of aryl methyl sites for hydroxylation is 1. The van der Waals surface area contributed by atoms with Gasteiger partial charge in [-0.1, -0.05) is 36.8 Å². The Bertz CT molecular complexity index is 367. The largest absolute Gasteiger partial charge is 0.389 e. The number of rotatable bonds is 1. The second-order valence-electron chi connectivity index (χ2n) is 5.33. The van der Waals surface area contributed by atoms with Gasteiger partial charge in [-0.3, -0.25) is 0 Å². The minimum atomic E-state index is -0.555. The van der Waals surface area contributed by atoms with Gasteiger partial charge in [-0.15, -0.1) is 0 Å². The zero-order valence-electron chi connectivity index (χ0n) is 9.88. The molecule has 0 aliphatic heterocycles. The van der Waals surface area contributed by atoms with E-state index in [4.69, 9.17) is 0 Å². The van der Waals surface area contributed by atoms with Crippen LogP contribution in [0.25, 0.3) is 0 Å². The zero-order valence-corrected chi connectivity index (χ0v) is 9.88. The molecule has 1 N–H and O–H groups in total. The Morgan fingerprint density at radius 3 is 2.47 bits per heavy atom. The molecule has 1 aromatic carbocycles. The Morgan fingerprint density at radius 2 is 1.93 bits per heavy atom. The van der Waals surface area contributed by atoms with E-state index in [9.17, 15) is 5.11 Å². The fourth-order valence-corrected chi connectivity index (χ4v) is 2.77. The molecule has 1 fully saturated rings. The molecule has 2 rings (SSSR count). The van der Waals surface area contributed by atoms with Gasteiger partial charge in [0.2, 0.25) is 0 Å². The highest BCUT2D eigenvalue weighted by molar-refractivity contribution is 5.33. The Kier molecular flexibility index (Phi) is 2.38. The van der Waals surface area contributed by atoms with Crippen molar-refractivity contribution in [1.29, 1.82) is 0 Å². The monoisotopic (exact) mass is 204 g/mol. The number of aliphatic hydroxyl groups is 1. The molecule has 0 radical (unpaired) electrons. The molecule has 0 aromatic heterocycles. The third-order valence-corrected chi connectivity index (χ3v) is 4.18. The van der Waals surface area contributed by atoms with Crippen molar-refractivity contribution >= 4 is 0 Å². The Labute approximate surface area is 92.1 Å². The summed E-state index contributed by atoms with van der Waals surface area (Å²) in [5, 5.41) is 10.5. The molecular formula is C14H20O. The molecule has 1 saturated carbocycles. The summed E-state index contributed by atoms with van der Waals surface area (Å²) in [7, 11) is 0. The van der Waals surface area contributed by atoms with E-state index in [1.807, 2.05) is 6.92 Å². The van der Waals surface area contributed by atoms with Crippen LogP contribution in [0.15, 0.2) is 24.3 Å². The first kappa shape index (κ1) is 10.7. The van der Waals surface area contributed by atoms with E-state index in [1.54, 1.807) is 0 Å². The van der Waals surface area contributed by atoms with Gasteiger partial charge in [0.05, 0.1) is 5.60 Å². The molecule has 15 heavy (non-hydrogen) atoms. The molecule has 0 amide bonds. The van der Waals surface area contributed by atoms with Gasteiger partial charge in [0.15, 0.2) is 0 Å². The molecule has 1 heteroatoms. The van der Waals surface area contributed by atoms with E-state index in [1.165, 1.54) is 11.1 Å². The number of hydrogen-bond acceptors (Lipinski definition) is 1. The third-order valence-electron chi connectivity index (χ3n) is 4.18. The fraction of sp³-hybridized carbons (Fsp3) is 0.571. The van der Waals surface area contributed by atoms with Crippen LogP contribution in [0.5, 0.6) is 0 Å². The third kappa shape index (κ3) is 1.59. The van der Waals surface area contributed by atoms with Crippen LogP contribution < -0.4 is 0 Å². The van der Waals surface area contributed by atoms with Crippen molar-refractivity contribution in [2.24, 2.45) is 0 Å². The molecule has 1 aliphatic rings. The molecule has 1 aliphatic carbocycles. The smallest absolute Gasteiger partial charge is 0.0713 e. The maximum atomic E-state index is 10.5. The van der Waals surface area contributed by atoms with Crippen LogP contribution in [0, 0.1) is 6.92 Å². The minimum Gasteiger partial charge on any atom is -0.389 e. The van der Waals surface area contributed by atoms with Crippen molar-refractivity contribution in [2.75, 3.05) is 0 Å². The normalized spacial score (nSPS) is 35.7. The summed E-state index contributed by atoms with van der Waals surface area (Å²) in [5.74, 6) is 0. The van der Waals surface area contributed by atoms with Gasteiger partial charge < -0.3 is 5.11 Å². The van der Waals surface area contributed by atoms with Crippen molar-refractivity contribution in [2.45, 2.75) is 51.0 Å². The van der Waals surface area contributed by atoms with Crippen LogP contribution in [0.3, 0.4) is 0 Å². The van der Waals surface area contributed by atoms with E-state index in [-0.39, 0.29) is 5.41 Å². The number of hydrogen-bond donors (Lipinski definition) is 1. The lowest BCUT2D eigenvalue weighted by Gasteiger charge is -2.37. The summed E-state index contributed by atoms with van der Waals surface area (Å²) in [6.07, 6.45) is 3.12. The molecule has 2 unspecified atom stereocenters. The van der Waals surface area contributed by atoms with Crippen LogP contribution >= 0.6 is 0 Å². The highest BCUT2D eigenvalue weighted by Gasteiger charge is 2.48. The van der Waals surface area contributed by atoms with E-state index in [0.29, 0.717) is 0 Å². The predicted molar refractivity (Wildman–Crippen MR) is 63.0 cm³/mol. The highest BCUT2D eigenvalue weighted by atomic mass is 16.3. The maximum absolute atomic E-state index is 10.5. The summed E-state index contributed by atoms with van der Waals surface area (Å²) in [5.41, 5.74) is 1.93. The lowest BCUT2D eigenvalue weighted by Crippen LogP contribution is -2.42. The first-order valence-electron chi connectivity index (χ1n) is 5.75. The van der Waals surface area contributed by atoms with Gasteiger partial charge in [0.25, 0.3) is 0 Å². The van der Waals surface area contributed by atoms with Crippen molar-refractivity contribution in [3.63, 3.8) is 0 Å². The van der Waals surface area contributed by atoms with Crippen LogP contribution in [0.4, 0.5) is 0 Å². The Hall–Kier alpha value is -0.820. The second-order valence-corrected chi connectivity index (χ2v) is 5.33. The summed E-state index contributed by atoms with van der Waals surface area (Å²) in [6, 6.07) is 8.55. The SMILES string of the molecule is Cc1cccc(C2(C)CCCC2(C)O)c1. The first-order chi connectivity index (χ1) is 6.96. The quantitative estimate of drug-likeness (QED) is 0.745. The highest BCUT2D eigenvalue weighted by Crippen LogP contribution is 2.48. The van der Waals surface area contributed by atoms with E-state index >= 15 is 0 Å². The lowest BCUT2D eigenvalue weighted by molar-refractivity contribution is 0.00689. The van der Waals surface area contributed by atoms with Crippen molar-refractivity contribution in [3.8, 4) is 0 Å². The molecule has 0 spiro atoms. The standard InChI is InChI=1S/C14H20O/c1-11-6-4-7-12(10-11)13(2)8-5-9-14(13,3)15/h4,6-7,10,15H,5,8-9H2,1-3H3. The Morgan fingerprint density at radius 1 is 1.20 bits per heavy atom. The topological polar surface area (TPSA) is 20.2 Å². The van der Waals surface area contributed by atoms with Gasteiger partial charge in [0.1, 0.15) is 0 Å². The van der Waals surface area contributed by atoms with Gasteiger partial charge in [-0.2, -0.15) is 0 Å². The minimum absolute atomic E-state index is 0.0704. The number of benzene rings is 1. The average molecular weight is 204 g/mol. The summed E-state index contributed by atoms with van der Waals surface area (Å²) in [4.78, 5) is 0. The van der Waals surface area contributed by atoms with Gasteiger partial charge in [-0.25, -0.2) is 0 Å². The summed E-state index contributed by atoms with van der Waals surface area (Å²) >= 11 is 0. The molecule has 1 aromatic rings. The molecule has 0 heterocycles.